The fourth-order valence-corrected chi connectivity index (χ4v) is 2.14. The molecule has 0 spiro atoms. The minimum atomic E-state index is 0.633. The zero-order valence-corrected chi connectivity index (χ0v) is 15.0. The highest BCUT2D eigenvalue weighted by Crippen LogP contribution is 2.06. The van der Waals surface area contributed by atoms with Crippen LogP contribution in [0.2, 0.25) is 0 Å². The van der Waals surface area contributed by atoms with E-state index in [1.165, 1.54) is 22.7 Å². The van der Waals surface area contributed by atoms with E-state index < -0.39 is 0 Å². The molecule has 0 bridgehead atoms. The van der Waals surface area contributed by atoms with Gasteiger partial charge in [0.2, 0.25) is 0 Å². The topological polar surface area (TPSA) is 13.7 Å². The smallest absolute Gasteiger partial charge is 0.190 e. The molecule has 0 fully saturated rings. The maximum Gasteiger partial charge on any atom is 0.190 e. The number of alkyl halides is 1. The SMILES string of the molecule is CCl.COC[NH+](c1ccccc1)c1ccccc1.c1ccccc1. The molecular weight excluding hydrogens is 318 g/mol. The van der Waals surface area contributed by atoms with E-state index in [-0.39, 0.29) is 0 Å². The van der Waals surface area contributed by atoms with E-state index >= 15 is 0 Å². The summed E-state index contributed by atoms with van der Waals surface area (Å²) < 4.78 is 5.28. The second-order valence-corrected chi connectivity index (χ2v) is 4.80. The zero-order chi connectivity index (χ0) is 17.5. The zero-order valence-electron chi connectivity index (χ0n) is 14.2. The van der Waals surface area contributed by atoms with E-state index in [2.05, 4.69) is 35.9 Å². The summed E-state index contributed by atoms with van der Waals surface area (Å²) in [5.41, 5.74) is 2.44. The lowest BCUT2D eigenvalue weighted by Crippen LogP contribution is -3.02. The van der Waals surface area contributed by atoms with Crippen molar-refractivity contribution in [2.24, 2.45) is 0 Å². The van der Waals surface area contributed by atoms with Crippen molar-refractivity contribution in [2.45, 2.75) is 0 Å². The molecule has 0 aromatic heterocycles. The number of hydrogen-bond donors (Lipinski definition) is 1. The number of benzene rings is 3. The lowest BCUT2D eigenvalue weighted by molar-refractivity contribution is -0.786. The van der Waals surface area contributed by atoms with E-state index in [4.69, 9.17) is 4.74 Å². The molecule has 1 N–H and O–H groups in total. The average Bonchev–Trinajstić information content (AvgIpc) is 2.71. The van der Waals surface area contributed by atoms with Gasteiger partial charge < -0.3 is 4.74 Å². The van der Waals surface area contributed by atoms with E-state index in [1.807, 2.05) is 72.8 Å². The largest absolute Gasteiger partial charge is 0.334 e. The monoisotopic (exact) mass is 342 g/mol. The van der Waals surface area contributed by atoms with Gasteiger partial charge in [-0.05, 0) is 24.3 Å². The molecule has 3 rings (SSSR count). The lowest BCUT2D eigenvalue weighted by atomic mass is 10.2. The minimum Gasteiger partial charge on any atom is -0.334 e. The minimum absolute atomic E-state index is 0.633. The van der Waals surface area contributed by atoms with Crippen LogP contribution in [0.5, 0.6) is 0 Å². The number of rotatable bonds is 4. The summed E-state index contributed by atoms with van der Waals surface area (Å²) in [6.07, 6.45) is 1.47. The fraction of sp³-hybridized carbons (Fsp3) is 0.143. The molecule has 0 saturated heterocycles. The molecule has 3 heteroatoms. The summed E-state index contributed by atoms with van der Waals surface area (Å²) in [4.78, 5) is 1.23. The van der Waals surface area contributed by atoms with Crippen LogP contribution in [0.1, 0.15) is 0 Å². The Labute approximate surface area is 150 Å². The Hall–Kier alpha value is -2.13. The molecule has 24 heavy (non-hydrogen) atoms. The Kier molecular flexibility index (Phi) is 11.1. The number of nitrogens with one attached hydrogen (secondary N) is 1. The van der Waals surface area contributed by atoms with Crippen molar-refractivity contribution < 1.29 is 9.64 Å². The average molecular weight is 343 g/mol. The highest BCUT2D eigenvalue weighted by molar-refractivity contribution is 6.15. The molecule has 0 unspecified atom stereocenters. The third-order valence-corrected chi connectivity index (χ3v) is 3.20. The van der Waals surface area contributed by atoms with Crippen molar-refractivity contribution in [3.8, 4) is 0 Å². The summed E-state index contributed by atoms with van der Waals surface area (Å²) in [5, 5.41) is 0. The predicted octanol–water partition coefficient (Wildman–Crippen LogP) is 4.68. The molecule has 0 atom stereocenters. The number of ether oxygens (including phenoxy) is 1. The van der Waals surface area contributed by atoms with Gasteiger partial charge in [0.25, 0.3) is 0 Å². The van der Waals surface area contributed by atoms with Crippen molar-refractivity contribution in [3.05, 3.63) is 97.1 Å². The van der Waals surface area contributed by atoms with E-state index in [1.54, 1.807) is 7.11 Å². The third kappa shape index (κ3) is 7.42. The van der Waals surface area contributed by atoms with Crippen molar-refractivity contribution in [1.29, 1.82) is 0 Å². The number of quaternary nitrogens is 1. The van der Waals surface area contributed by atoms with Gasteiger partial charge in [-0.25, -0.2) is 4.90 Å². The van der Waals surface area contributed by atoms with Gasteiger partial charge in [-0.2, -0.15) is 0 Å². The van der Waals surface area contributed by atoms with Crippen LogP contribution in [0.4, 0.5) is 11.4 Å². The van der Waals surface area contributed by atoms with Crippen molar-refractivity contribution in [2.75, 3.05) is 20.2 Å². The lowest BCUT2D eigenvalue weighted by Gasteiger charge is -2.17. The van der Waals surface area contributed by atoms with Gasteiger partial charge in [0.1, 0.15) is 11.4 Å². The predicted molar refractivity (Wildman–Crippen MR) is 103 cm³/mol. The molecule has 126 valence electrons. The number of methoxy groups -OCH3 is 1. The van der Waals surface area contributed by atoms with Gasteiger partial charge in [-0.1, -0.05) is 72.8 Å². The van der Waals surface area contributed by atoms with Crippen LogP contribution in [0.25, 0.3) is 0 Å². The second kappa shape index (κ2) is 13.3. The number of halogens is 1. The number of hydrogen-bond acceptors (Lipinski definition) is 1. The Bertz CT molecular complexity index is 551. The summed E-state index contributed by atoms with van der Waals surface area (Å²) in [6, 6.07) is 32.7. The van der Waals surface area contributed by atoms with Crippen LogP contribution in [0.15, 0.2) is 97.1 Å². The number of para-hydroxylation sites is 2. The first-order valence-electron chi connectivity index (χ1n) is 7.75. The Balaban J connectivity index is 0.000000300. The molecule has 2 nitrogen and oxygen atoms in total. The third-order valence-electron chi connectivity index (χ3n) is 3.20. The summed E-state index contributed by atoms with van der Waals surface area (Å²) in [7, 11) is 1.73. The van der Waals surface area contributed by atoms with Crippen LogP contribution in [0, 0.1) is 0 Å². The van der Waals surface area contributed by atoms with Crippen LogP contribution in [-0.2, 0) is 4.74 Å². The van der Waals surface area contributed by atoms with E-state index in [0.717, 1.165) is 0 Å². The normalized spacial score (nSPS) is 9.33. The van der Waals surface area contributed by atoms with Crippen molar-refractivity contribution >= 4 is 23.0 Å². The molecule has 3 aromatic rings. The first-order valence-corrected chi connectivity index (χ1v) is 8.51. The highest BCUT2D eigenvalue weighted by atomic mass is 35.5. The van der Waals surface area contributed by atoms with Crippen LogP contribution in [-0.4, -0.2) is 20.2 Å². The van der Waals surface area contributed by atoms with Gasteiger partial charge in [-0.3, -0.25) is 0 Å². The Morgan fingerprint density at radius 2 is 0.917 bits per heavy atom. The standard InChI is InChI=1S/C14H15NO.C6H6.CH3Cl/c1-16-12-15(13-8-4-2-5-9-13)14-10-6-3-7-11-14;1-2-4-6-5-3-1;1-2/h2-11H,12H2,1H3;1-6H;1H3/p+1. The Morgan fingerprint density at radius 1 is 0.625 bits per heavy atom. The molecule has 0 aliphatic heterocycles. The Morgan fingerprint density at radius 3 is 1.21 bits per heavy atom. The summed E-state index contributed by atoms with van der Waals surface area (Å²) in [6.45, 7) is 0.633. The highest BCUT2D eigenvalue weighted by Gasteiger charge is 2.13. The van der Waals surface area contributed by atoms with Crippen molar-refractivity contribution in [1.82, 2.24) is 0 Å². The molecular formula is C21H25ClNO+. The summed E-state index contributed by atoms with van der Waals surface area (Å²) in [5.74, 6) is 0. The van der Waals surface area contributed by atoms with Gasteiger partial charge in [0, 0.05) is 13.5 Å². The molecule has 3 aromatic carbocycles. The molecule has 0 heterocycles. The first-order chi connectivity index (χ1) is 11.9. The van der Waals surface area contributed by atoms with Crippen LogP contribution < -0.4 is 4.90 Å². The first kappa shape index (κ1) is 19.9. The summed E-state index contributed by atoms with van der Waals surface area (Å²) >= 11 is 4.64. The quantitative estimate of drug-likeness (QED) is 0.537. The molecule has 0 saturated carbocycles. The van der Waals surface area contributed by atoms with Gasteiger partial charge in [0.05, 0.1) is 0 Å². The molecule has 0 aliphatic carbocycles. The van der Waals surface area contributed by atoms with Gasteiger partial charge in [0.15, 0.2) is 6.73 Å². The van der Waals surface area contributed by atoms with E-state index in [9.17, 15) is 0 Å². The maximum absolute atomic E-state index is 5.28. The van der Waals surface area contributed by atoms with Crippen molar-refractivity contribution in [3.63, 3.8) is 0 Å². The van der Waals surface area contributed by atoms with E-state index in [0.29, 0.717) is 6.73 Å². The molecule has 0 aliphatic rings. The molecule has 0 radical (unpaired) electrons. The fourth-order valence-electron chi connectivity index (χ4n) is 2.14. The maximum atomic E-state index is 5.28. The molecule has 0 amide bonds. The second-order valence-electron chi connectivity index (χ2n) is 4.80. The van der Waals surface area contributed by atoms with Crippen LogP contribution >= 0.6 is 11.6 Å². The van der Waals surface area contributed by atoms with Gasteiger partial charge in [-0.15, -0.1) is 11.6 Å². The van der Waals surface area contributed by atoms with Gasteiger partial charge >= 0.3 is 0 Å². The van der Waals surface area contributed by atoms with Crippen LogP contribution in [0.3, 0.4) is 0 Å².